The highest BCUT2D eigenvalue weighted by atomic mass is 15.3. The van der Waals surface area contributed by atoms with Gasteiger partial charge in [0, 0.05) is 33.2 Å². The summed E-state index contributed by atoms with van der Waals surface area (Å²) < 4.78 is 0. The number of rotatable bonds is 7. The molecule has 2 fully saturated rings. The van der Waals surface area contributed by atoms with Gasteiger partial charge in [0.15, 0.2) is 5.96 Å². The molecule has 2 saturated heterocycles. The van der Waals surface area contributed by atoms with E-state index in [9.17, 15) is 0 Å². The van der Waals surface area contributed by atoms with Crippen molar-refractivity contribution in [2.45, 2.75) is 51.9 Å². The Balaban J connectivity index is 1.36. The third-order valence-corrected chi connectivity index (χ3v) is 6.08. The van der Waals surface area contributed by atoms with E-state index in [1.165, 1.54) is 50.0 Å². The minimum absolute atomic E-state index is 0.610. The zero-order valence-electron chi connectivity index (χ0n) is 17.6. The summed E-state index contributed by atoms with van der Waals surface area (Å²) in [5, 5.41) is 3.59. The van der Waals surface area contributed by atoms with Gasteiger partial charge in [-0.15, -0.1) is 0 Å². The number of guanidine groups is 1. The Kier molecular flexibility index (Phi) is 7.57. The summed E-state index contributed by atoms with van der Waals surface area (Å²) in [6, 6.07) is 9.12. The molecule has 1 atom stereocenters. The molecule has 4 heteroatoms. The number of aliphatic imine (C=N–C) groups is 1. The summed E-state index contributed by atoms with van der Waals surface area (Å²) in [5.41, 5.74) is 2.86. The van der Waals surface area contributed by atoms with Crippen LogP contribution in [-0.2, 0) is 6.42 Å². The lowest BCUT2D eigenvalue weighted by molar-refractivity contribution is 0.281. The molecule has 1 aromatic carbocycles. The fraction of sp³-hybridized carbons (Fsp3) is 0.696. The van der Waals surface area contributed by atoms with E-state index in [0.717, 1.165) is 44.4 Å². The largest absolute Gasteiger partial charge is 0.356 e. The monoisotopic (exact) mass is 370 g/mol. The van der Waals surface area contributed by atoms with E-state index in [-0.39, 0.29) is 0 Å². The van der Waals surface area contributed by atoms with Gasteiger partial charge in [-0.05, 0) is 68.2 Å². The Labute approximate surface area is 166 Å². The number of aryl methyl sites for hydroxylation is 1. The van der Waals surface area contributed by atoms with Crippen LogP contribution in [0.1, 0.15) is 56.6 Å². The van der Waals surface area contributed by atoms with Crippen LogP contribution in [0.2, 0.25) is 0 Å². The minimum atomic E-state index is 0.610. The summed E-state index contributed by atoms with van der Waals surface area (Å²) >= 11 is 0. The first-order valence-corrected chi connectivity index (χ1v) is 10.9. The SMILES string of the molecule is CN=C(NCCCc1ccc(C(C)C)cc1)N1CCC(CN2CCCC2)C1. The highest BCUT2D eigenvalue weighted by molar-refractivity contribution is 5.80. The number of likely N-dealkylation sites (tertiary alicyclic amines) is 2. The molecule has 150 valence electrons. The molecule has 2 aliphatic heterocycles. The van der Waals surface area contributed by atoms with Gasteiger partial charge in [-0.2, -0.15) is 0 Å². The Morgan fingerprint density at radius 3 is 2.56 bits per heavy atom. The van der Waals surface area contributed by atoms with Gasteiger partial charge in [0.2, 0.25) is 0 Å². The molecule has 2 aliphatic rings. The Morgan fingerprint density at radius 1 is 1.15 bits per heavy atom. The predicted octanol–water partition coefficient (Wildman–Crippen LogP) is 3.74. The van der Waals surface area contributed by atoms with Gasteiger partial charge in [0.25, 0.3) is 0 Å². The molecule has 4 nitrogen and oxygen atoms in total. The highest BCUT2D eigenvalue weighted by Gasteiger charge is 2.27. The molecule has 3 rings (SSSR count). The van der Waals surface area contributed by atoms with Crippen molar-refractivity contribution >= 4 is 5.96 Å². The van der Waals surface area contributed by atoms with Crippen LogP contribution in [0.4, 0.5) is 0 Å². The maximum Gasteiger partial charge on any atom is 0.193 e. The van der Waals surface area contributed by atoms with Gasteiger partial charge in [-0.1, -0.05) is 38.1 Å². The Hall–Kier alpha value is -1.55. The standard InChI is InChI=1S/C23H38N4/c1-19(2)22-10-8-20(9-11-22)7-6-13-25-23(24-3)27-16-12-21(18-27)17-26-14-4-5-15-26/h8-11,19,21H,4-7,12-18H2,1-3H3,(H,24,25). The molecule has 0 amide bonds. The third-order valence-electron chi connectivity index (χ3n) is 6.08. The zero-order valence-corrected chi connectivity index (χ0v) is 17.6. The number of nitrogens with zero attached hydrogens (tertiary/aromatic N) is 3. The first-order valence-electron chi connectivity index (χ1n) is 10.9. The van der Waals surface area contributed by atoms with Crippen LogP contribution in [0.5, 0.6) is 0 Å². The van der Waals surface area contributed by atoms with Gasteiger partial charge >= 0.3 is 0 Å². The molecule has 0 aliphatic carbocycles. The van der Waals surface area contributed by atoms with Crippen molar-refractivity contribution in [1.29, 1.82) is 0 Å². The Bertz CT molecular complexity index is 587. The fourth-order valence-corrected chi connectivity index (χ4v) is 4.40. The average Bonchev–Trinajstić information content (AvgIpc) is 3.35. The van der Waals surface area contributed by atoms with E-state index in [1.54, 1.807) is 0 Å². The van der Waals surface area contributed by atoms with Crippen molar-refractivity contribution in [3.8, 4) is 0 Å². The summed E-state index contributed by atoms with van der Waals surface area (Å²) in [6.07, 6.45) is 6.35. The van der Waals surface area contributed by atoms with E-state index >= 15 is 0 Å². The first-order chi connectivity index (χ1) is 13.2. The van der Waals surface area contributed by atoms with Gasteiger partial charge in [-0.3, -0.25) is 4.99 Å². The van der Waals surface area contributed by atoms with Gasteiger partial charge in [-0.25, -0.2) is 0 Å². The molecular formula is C23H38N4. The zero-order chi connectivity index (χ0) is 19.1. The third kappa shape index (κ3) is 5.97. The highest BCUT2D eigenvalue weighted by Crippen LogP contribution is 2.20. The molecule has 0 bridgehead atoms. The van der Waals surface area contributed by atoms with E-state index in [1.807, 2.05) is 7.05 Å². The van der Waals surface area contributed by atoms with Crippen molar-refractivity contribution in [3.05, 3.63) is 35.4 Å². The molecule has 1 unspecified atom stereocenters. The van der Waals surface area contributed by atoms with Gasteiger partial charge in [0.05, 0.1) is 0 Å². The number of nitrogens with one attached hydrogen (secondary N) is 1. The fourth-order valence-electron chi connectivity index (χ4n) is 4.40. The van der Waals surface area contributed by atoms with Gasteiger partial charge < -0.3 is 15.1 Å². The summed E-state index contributed by atoms with van der Waals surface area (Å²) in [5.74, 6) is 2.51. The topological polar surface area (TPSA) is 30.9 Å². The van der Waals surface area contributed by atoms with Crippen molar-refractivity contribution in [3.63, 3.8) is 0 Å². The van der Waals surface area contributed by atoms with E-state index in [2.05, 4.69) is 58.2 Å². The van der Waals surface area contributed by atoms with Crippen LogP contribution in [0, 0.1) is 5.92 Å². The van der Waals surface area contributed by atoms with Crippen LogP contribution < -0.4 is 5.32 Å². The molecule has 0 spiro atoms. The van der Waals surface area contributed by atoms with Crippen LogP contribution in [0.15, 0.2) is 29.3 Å². The van der Waals surface area contributed by atoms with Crippen molar-refractivity contribution in [1.82, 2.24) is 15.1 Å². The second kappa shape index (κ2) is 10.1. The van der Waals surface area contributed by atoms with Crippen LogP contribution >= 0.6 is 0 Å². The second-order valence-electron chi connectivity index (χ2n) is 8.58. The predicted molar refractivity (Wildman–Crippen MR) is 116 cm³/mol. The summed E-state index contributed by atoms with van der Waals surface area (Å²) in [4.78, 5) is 9.63. The first kappa shape index (κ1) is 20.2. The van der Waals surface area contributed by atoms with Crippen molar-refractivity contribution in [2.75, 3.05) is 46.3 Å². The molecule has 0 saturated carbocycles. The smallest absolute Gasteiger partial charge is 0.193 e. The van der Waals surface area contributed by atoms with Crippen molar-refractivity contribution in [2.24, 2.45) is 10.9 Å². The molecule has 2 heterocycles. The molecule has 0 aromatic heterocycles. The second-order valence-corrected chi connectivity index (χ2v) is 8.58. The average molecular weight is 371 g/mol. The van der Waals surface area contributed by atoms with Crippen LogP contribution in [0.25, 0.3) is 0 Å². The summed E-state index contributed by atoms with van der Waals surface area (Å²) in [7, 11) is 1.92. The lowest BCUT2D eigenvalue weighted by Gasteiger charge is -2.23. The van der Waals surface area contributed by atoms with Crippen LogP contribution in [0.3, 0.4) is 0 Å². The summed E-state index contributed by atoms with van der Waals surface area (Å²) in [6.45, 7) is 11.7. The molecular weight excluding hydrogens is 332 g/mol. The Morgan fingerprint density at radius 2 is 1.89 bits per heavy atom. The normalized spacial score (nSPS) is 21.4. The lowest BCUT2D eigenvalue weighted by Crippen LogP contribution is -2.41. The number of hydrogen-bond acceptors (Lipinski definition) is 2. The van der Waals surface area contributed by atoms with E-state index < -0.39 is 0 Å². The van der Waals surface area contributed by atoms with Gasteiger partial charge in [0.1, 0.15) is 0 Å². The van der Waals surface area contributed by atoms with E-state index in [0.29, 0.717) is 5.92 Å². The maximum absolute atomic E-state index is 4.53. The van der Waals surface area contributed by atoms with Crippen molar-refractivity contribution < 1.29 is 0 Å². The van der Waals surface area contributed by atoms with E-state index in [4.69, 9.17) is 0 Å². The quantitative estimate of drug-likeness (QED) is 0.451. The molecule has 1 N–H and O–H groups in total. The molecule has 1 aromatic rings. The number of hydrogen-bond donors (Lipinski definition) is 1. The molecule has 27 heavy (non-hydrogen) atoms. The molecule has 0 radical (unpaired) electrons. The van der Waals surface area contributed by atoms with Crippen LogP contribution in [-0.4, -0.2) is 62.1 Å². The maximum atomic E-state index is 4.53. The number of benzene rings is 1. The lowest BCUT2D eigenvalue weighted by atomic mass is 10.0. The minimum Gasteiger partial charge on any atom is -0.356 e.